The van der Waals surface area contributed by atoms with E-state index in [1.165, 1.54) is 5.56 Å². The Hall–Kier alpha value is -2.08. The first-order valence-corrected chi connectivity index (χ1v) is 9.39. The molecule has 1 fully saturated rings. The Morgan fingerprint density at radius 3 is 2.69 bits per heavy atom. The number of ether oxygens (including phenoxy) is 1. The number of para-hydroxylation sites is 1. The van der Waals surface area contributed by atoms with Crippen LogP contribution in [-0.4, -0.2) is 56.2 Å². The zero-order chi connectivity index (χ0) is 18.8. The number of rotatable bonds is 4. The molecule has 6 heteroatoms. The van der Waals surface area contributed by atoms with Gasteiger partial charge in [0.15, 0.2) is 0 Å². The van der Waals surface area contributed by atoms with Gasteiger partial charge in [-0.25, -0.2) is 4.79 Å². The van der Waals surface area contributed by atoms with Crippen molar-refractivity contribution >= 4 is 17.6 Å². The van der Waals surface area contributed by atoms with Gasteiger partial charge in [-0.05, 0) is 30.4 Å². The number of nitrogens with zero attached hydrogens (tertiary/aromatic N) is 2. The molecular formula is C20H29N3O3. The molecule has 3 atom stereocenters. The van der Waals surface area contributed by atoms with Gasteiger partial charge in [-0.1, -0.05) is 32.0 Å². The van der Waals surface area contributed by atoms with Crippen LogP contribution < -0.4 is 10.2 Å². The van der Waals surface area contributed by atoms with Crippen LogP contribution in [0.15, 0.2) is 24.3 Å². The third-order valence-corrected chi connectivity index (χ3v) is 5.36. The molecule has 0 bridgehead atoms. The quantitative estimate of drug-likeness (QED) is 0.899. The van der Waals surface area contributed by atoms with E-state index in [2.05, 4.69) is 25.2 Å². The predicted molar refractivity (Wildman–Crippen MR) is 101 cm³/mol. The molecule has 3 unspecified atom stereocenters. The second-order valence-electron chi connectivity index (χ2n) is 7.76. The van der Waals surface area contributed by atoms with Crippen LogP contribution in [-0.2, 0) is 9.53 Å². The lowest BCUT2D eigenvalue weighted by Gasteiger charge is -2.21. The monoisotopic (exact) mass is 359 g/mol. The van der Waals surface area contributed by atoms with E-state index in [4.69, 9.17) is 4.74 Å². The molecule has 3 amide bonds. The van der Waals surface area contributed by atoms with Crippen LogP contribution in [0.4, 0.5) is 10.5 Å². The van der Waals surface area contributed by atoms with E-state index < -0.39 is 0 Å². The first-order chi connectivity index (χ1) is 12.4. The van der Waals surface area contributed by atoms with Crippen LogP contribution >= 0.6 is 0 Å². The summed E-state index contributed by atoms with van der Waals surface area (Å²) < 4.78 is 5.80. The highest BCUT2D eigenvalue weighted by Gasteiger charge is 2.35. The average Bonchev–Trinajstić information content (AvgIpc) is 3.23. The Balaban J connectivity index is 1.57. The highest BCUT2D eigenvalue weighted by Crippen LogP contribution is 2.39. The van der Waals surface area contributed by atoms with E-state index in [0.717, 1.165) is 12.1 Å². The van der Waals surface area contributed by atoms with Gasteiger partial charge in [0.1, 0.15) is 6.10 Å². The fraction of sp³-hybridized carbons (Fsp3) is 0.600. The van der Waals surface area contributed by atoms with Crippen molar-refractivity contribution in [3.63, 3.8) is 0 Å². The molecule has 1 aromatic carbocycles. The number of carbonyl (C=O) groups excluding carboxylic acids is 2. The van der Waals surface area contributed by atoms with E-state index >= 15 is 0 Å². The second kappa shape index (κ2) is 7.66. The normalized spacial score (nSPS) is 24.7. The standard InChI is InChI=1S/C20H29N3O3/c1-13(2)16-12-23(17-8-6-5-7-15(16)17)20(25)21-11-14-9-10-18(26-14)19(24)22(3)4/h5-8,13-14,16,18H,9-12H2,1-4H3,(H,21,25). The maximum Gasteiger partial charge on any atom is 0.321 e. The molecule has 1 aromatic rings. The third-order valence-electron chi connectivity index (χ3n) is 5.36. The average molecular weight is 359 g/mol. The summed E-state index contributed by atoms with van der Waals surface area (Å²) in [4.78, 5) is 28.1. The maximum atomic E-state index is 12.7. The summed E-state index contributed by atoms with van der Waals surface area (Å²) in [6.07, 6.45) is 1.01. The van der Waals surface area contributed by atoms with Crippen LogP contribution in [0.3, 0.4) is 0 Å². The highest BCUT2D eigenvalue weighted by molar-refractivity contribution is 5.94. The number of benzene rings is 1. The van der Waals surface area contributed by atoms with Crippen molar-refractivity contribution in [3.8, 4) is 0 Å². The summed E-state index contributed by atoms with van der Waals surface area (Å²) in [6.45, 7) is 5.52. The Bertz CT molecular complexity index is 674. The van der Waals surface area contributed by atoms with Gasteiger partial charge in [-0.2, -0.15) is 0 Å². The van der Waals surface area contributed by atoms with Gasteiger partial charge in [0, 0.05) is 38.8 Å². The molecule has 3 rings (SSSR count). The molecule has 0 radical (unpaired) electrons. The van der Waals surface area contributed by atoms with Gasteiger partial charge >= 0.3 is 6.03 Å². The van der Waals surface area contributed by atoms with E-state index in [1.54, 1.807) is 19.0 Å². The zero-order valence-electron chi connectivity index (χ0n) is 16.1. The number of hydrogen-bond donors (Lipinski definition) is 1. The summed E-state index contributed by atoms with van der Waals surface area (Å²) >= 11 is 0. The highest BCUT2D eigenvalue weighted by atomic mass is 16.5. The molecular weight excluding hydrogens is 330 g/mol. The Morgan fingerprint density at radius 2 is 2.00 bits per heavy atom. The third kappa shape index (κ3) is 3.70. The first-order valence-electron chi connectivity index (χ1n) is 9.39. The van der Waals surface area contributed by atoms with Crippen LogP contribution in [0, 0.1) is 5.92 Å². The van der Waals surface area contributed by atoms with Crippen LogP contribution in [0.1, 0.15) is 38.2 Å². The predicted octanol–water partition coefficient (Wildman–Crippen LogP) is 2.59. The van der Waals surface area contributed by atoms with Gasteiger partial charge < -0.3 is 15.0 Å². The second-order valence-corrected chi connectivity index (χ2v) is 7.76. The lowest BCUT2D eigenvalue weighted by atomic mass is 9.90. The summed E-state index contributed by atoms with van der Waals surface area (Å²) in [5, 5.41) is 2.99. The van der Waals surface area contributed by atoms with Gasteiger partial charge in [0.05, 0.1) is 6.10 Å². The van der Waals surface area contributed by atoms with E-state index in [-0.39, 0.29) is 24.1 Å². The summed E-state index contributed by atoms with van der Waals surface area (Å²) in [6, 6.07) is 8.04. The molecule has 1 N–H and O–H groups in total. The molecule has 0 aliphatic carbocycles. The number of urea groups is 1. The maximum absolute atomic E-state index is 12.7. The number of hydrogen-bond acceptors (Lipinski definition) is 3. The van der Waals surface area contributed by atoms with Crippen molar-refractivity contribution in [2.75, 3.05) is 32.1 Å². The van der Waals surface area contributed by atoms with Gasteiger partial charge in [-0.3, -0.25) is 9.69 Å². The smallest absolute Gasteiger partial charge is 0.321 e. The number of nitrogens with one attached hydrogen (secondary N) is 1. The molecule has 2 aliphatic heterocycles. The van der Waals surface area contributed by atoms with E-state index in [1.807, 2.05) is 23.1 Å². The molecule has 0 saturated carbocycles. The SMILES string of the molecule is CC(C)C1CN(C(=O)NCC2CCC(C(=O)N(C)C)O2)c2ccccc21. The van der Waals surface area contributed by atoms with Crippen molar-refractivity contribution in [1.82, 2.24) is 10.2 Å². The molecule has 1 saturated heterocycles. The lowest BCUT2D eigenvalue weighted by molar-refractivity contribution is -0.140. The van der Waals surface area contributed by atoms with Gasteiger partial charge in [-0.15, -0.1) is 0 Å². The molecule has 2 heterocycles. The number of likely N-dealkylation sites (N-methyl/N-ethyl adjacent to an activating group) is 1. The molecule has 6 nitrogen and oxygen atoms in total. The van der Waals surface area contributed by atoms with Gasteiger partial charge in [0.25, 0.3) is 5.91 Å². The van der Waals surface area contributed by atoms with Crippen molar-refractivity contribution < 1.29 is 14.3 Å². The molecule has 0 spiro atoms. The van der Waals surface area contributed by atoms with E-state index in [9.17, 15) is 9.59 Å². The first kappa shape index (κ1) is 18.7. The van der Waals surface area contributed by atoms with E-state index in [0.29, 0.717) is 31.3 Å². The van der Waals surface area contributed by atoms with Crippen molar-refractivity contribution in [3.05, 3.63) is 29.8 Å². The number of fused-ring (bicyclic) bond motifs is 1. The number of anilines is 1. The van der Waals surface area contributed by atoms with Crippen molar-refractivity contribution in [2.24, 2.45) is 5.92 Å². The summed E-state index contributed by atoms with van der Waals surface area (Å²) in [5.41, 5.74) is 2.24. The number of amides is 3. The molecule has 142 valence electrons. The Labute approximate surface area is 155 Å². The number of carbonyl (C=O) groups is 2. The minimum absolute atomic E-state index is 0.00734. The zero-order valence-corrected chi connectivity index (χ0v) is 16.1. The summed E-state index contributed by atoms with van der Waals surface area (Å²) in [5.74, 6) is 0.832. The lowest BCUT2D eigenvalue weighted by Crippen LogP contribution is -2.43. The van der Waals surface area contributed by atoms with Crippen molar-refractivity contribution in [2.45, 2.75) is 44.8 Å². The van der Waals surface area contributed by atoms with Crippen LogP contribution in [0.5, 0.6) is 0 Å². The Kier molecular flexibility index (Phi) is 5.51. The molecule has 2 aliphatic rings. The fourth-order valence-corrected chi connectivity index (χ4v) is 3.82. The molecule has 26 heavy (non-hydrogen) atoms. The minimum Gasteiger partial charge on any atom is -0.363 e. The topological polar surface area (TPSA) is 61.9 Å². The van der Waals surface area contributed by atoms with Gasteiger partial charge in [0.2, 0.25) is 0 Å². The minimum atomic E-state index is -0.385. The van der Waals surface area contributed by atoms with Crippen LogP contribution in [0.2, 0.25) is 0 Å². The largest absolute Gasteiger partial charge is 0.363 e. The fourth-order valence-electron chi connectivity index (χ4n) is 3.82. The van der Waals surface area contributed by atoms with Crippen LogP contribution in [0.25, 0.3) is 0 Å². The van der Waals surface area contributed by atoms with Crippen molar-refractivity contribution in [1.29, 1.82) is 0 Å². The Morgan fingerprint density at radius 1 is 1.27 bits per heavy atom. The summed E-state index contributed by atoms with van der Waals surface area (Å²) in [7, 11) is 3.47. The molecule has 0 aromatic heterocycles.